The number of Topliss-reactive ketones (excluding diaryl/α,β-unsaturated/α-hetero) is 1. The van der Waals surface area contributed by atoms with Gasteiger partial charge in [-0.25, -0.2) is 4.39 Å². The molecule has 30 heavy (non-hydrogen) atoms. The number of methoxy groups -OCH3 is 1. The number of ether oxygens (including phenoxy) is 1. The molecule has 0 radical (unpaired) electrons. The Balaban J connectivity index is 1.79. The van der Waals surface area contributed by atoms with Crippen molar-refractivity contribution in [2.45, 2.75) is 16.1 Å². The van der Waals surface area contributed by atoms with Crippen LogP contribution in [0.1, 0.15) is 22.3 Å². The second-order valence-corrected chi connectivity index (χ2v) is 8.28. The zero-order valence-electron chi connectivity index (χ0n) is 16.1. The highest BCUT2D eigenvalue weighted by molar-refractivity contribution is 8.01. The zero-order valence-corrected chi connectivity index (χ0v) is 17.0. The predicted octanol–water partition coefficient (Wildman–Crippen LogP) is 4.63. The summed E-state index contributed by atoms with van der Waals surface area (Å²) in [6.45, 7) is 0. The summed E-state index contributed by atoms with van der Waals surface area (Å²) in [4.78, 5) is 27.0. The van der Waals surface area contributed by atoms with Gasteiger partial charge in [-0.05, 0) is 48.5 Å². The number of benzene rings is 3. The maximum Gasteiger partial charge on any atom is 0.246 e. The molecule has 4 rings (SSSR count). The van der Waals surface area contributed by atoms with Crippen molar-refractivity contribution in [1.29, 1.82) is 0 Å². The van der Waals surface area contributed by atoms with Crippen molar-refractivity contribution in [2.75, 3.05) is 18.2 Å². The van der Waals surface area contributed by atoms with Crippen LogP contribution in [0.15, 0.2) is 71.6 Å². The number of carbonyl (C=O) groups is 2. The molecular weight excluding hydrogens is 403 g/mol. The summed E-state index contributed by atoms with van der Waals surface area (Å²) in [5.74, 6) is -0.399. The highest BCUT2D eigenvalue weighted by Crippen LogP contribution is 2.53. The Hall–Kier alpha value is -3.32. The molecule has 0 bridgehead atoms. The minimum absolute atomic E-state index is 0.108. The topological polar surface area (TPSA) is 81.4 Å². The molecule has 7 heteroatoms. The molecule has 1 atom stereocenters. The lowest BCUT2D eigenvalue weighted by atomic mass is 9.91. The van der Waals surface area contributed by atoms with Crippen molar-refractivity contribution < 1.29 is 18.7 Å². The molecule has 1 aliphatic heterocycles. The molecule has 152 valence electrons. The number of hydrogen-bond acceptors (Lipinski definition) is 5. The van der Waals surface area contributed by atoms with Crippen LogP contribution in [0, 0.1) is 5.82 Å². The molecule has 5 nitrogen and oxygen atoms in total. The third-order valence-corrected chi connectivity index (χ3v) is 6.53. The normalized spacial score (nSPS) is 17.3. The number of thioether (sulfide) groups is 1. The molecule has 1 amide bonds. The van der Waals surface area contributed by atoms with Crippen LogP contribution in [0.5, 0.6) is 5.75 Å². The molecular formula is C23H19FN2O3S. The van der Waals surface area contributed by atoms with Gasteiger partial charge in [-0.2, -0.15) is 0 Å². The first-order valence-corrected chi connectivity index (χ1v) is 10.1. The Morgan fingerprint density at radius 1 is 1.13 bits per heavy atom. The molecule has 0 aliphatic carbocycles. The van der Waals surface area contributed by atoms with E-state index in [1.54, 1.807) is 31.4 Å². The van der Waals surface area contributed by atoms with E-state index in [4.69, 9.17) is 10.5 Å². The lowest BCUT2D eigenvalue weighted by Gasteiger charge is -2.27. The first-order valence-electron chi connectivity index (χ1n) is 9.25. The first-order chi connectivity index (χ1) is 14.4. The molecule has 0 aromatic heterocycles. The van der Waals surface area contributed by atoms with Crippen LogP contribution in [-0.2, 0) is 9.54 Å². The minimum atomic E-state index is -1.22. The van der Waals surface area contributed by atoms with Crippen molar-refractivity contribution in [2.24, 2.45) is 0 Å². The van der Waals surface area contributed by atoms with Crippen molar-refractivity contribution in [3.63, 3.8) is 0 Å². The van der Waals surface area contributed by atoms with Crippen molar-refractivity contribution in [3.05, 3.63) is 83.7 Å². The number of para-hydroxylation sites is 1. The molecule has 0 saturated carbocycles. The average molecular weight is 422 g/mol. The van der Waals surface area contributed by atoms with Gasteiger partial charge < -0.3 is 15.8 Å². The summed E-state index contributed by atoms with van der Waals surface area (Å²) in [7, 11) is 1.55. The summed E-state index contributed by atoms with van der Waals surface area (Å²) in [5.41, 5.74) is 8.35. The molecule has 0 saturated heterocycles. The number of nitrogens with one attached hydrogen (secondary N) is 1. The fourth-order valence-electron chi connectivity index (χ4n) is 3.48. The van der Waals surface area contributed by atoms with Crippen LogP contribution in [0.4, 0.5) is 15.8 Å². The number of hydrogen-bond donors (Lipinski definition) is 2. The monoisotopic (exact) mass is 422 g/mol. The maximum absolute atomic E-state index is 13.3. The number of rotatable bonds is 6. The Kier molecular flexibility index (Phi) is 5.22. The van der Waals surface area contributed by atoms with E-state index in [1.807, 2.05) is 18.2 Å². The Morgan fingerprint density at radius 2 is 1.87 bits per heavy atom. The van der Waals surface area contributed by atoms with E-state index < -0.39 is 10.6 Å². The second kappa shape index (κ2) is 7.84. The van der Waals surface area contributed by atoms with Gasteiger partial charge >= 0.3 is 0 Å². The number of carbonyl (C=O) groups excluding carboxylic acids is 2. The predicted molar refractivity (Wildman–Crippen MR) is 115 cm³/mol. The molecule has 3 aromatic rings. The van der Waals surface area contributed by atoms with Crippen LogP contribution in [0.3, 0.4) is 0 Å². The molecule has 1 unspecified atom stereocenters. The Labute approximate surface area is 177 Å². The largest absolute Gasteiger partial charge is 0.497 e. The van der Waals surface area contributed by atoms with E-state index in [0.29, 0.717) is 33.1 Å². The summed E-state index contributed by atoms with van der Waals surface area (Å²) < 4.78 is 17.4. The number of amides is 1. The minimum Gasteiger partial charge on any atom is -0.497 e. The van der Waals surface area contributed by atoms with Crippen LogP contribution >= 0.6 is 11.8 Å². The highest BCUT2D eigenvalue weighted by atomic mass is 32.2. The smallest absolute Gasteiger partial charge is 0.246 e. The fraction of sp³-hybridized carbons (Fsp3) is 0.130. The fourth-order valence-corrected chi connectivity index (χ4v) is 4.86. The maximum atomic E-state index is 13.3. The quantitative estimate of drug-likeness (QED) is 0.447. The Morgan fingerprint density at radius 3 is 2.60 bits per heavy atom. The lowest BCUT2D eigenvalue weighted by molar-refractivity contribution is -0.118. The van der Waals surface area contributed by atoms with Crippen molar-refractivity contribution in [1.82, 2.24) is 0 Å². The Bertz CT molecular complexity index is 1130. The second-order valence-electron chi connectivity index (χ2n) is 6.94. The van der Waals surface area contributed by atoms with E-state index >= 15 is 0 Å². The highest BCUT2D eigenvalue weighted by Gasteiger charge is 2.49. The first kappa shape index (κ1) is 20.0. The van der Waals surface area contributed by atoms with Crippen LogP contribution in [0.2, 0.25) is 0 Å². The average Bonchev–Trinajstić information content (AvgIpc) is 3.01. The van der Waals surface area contributed by atoms with Gasteiger partial charge in [-0.3, -0.25) is 9.59 Å². The number of halogens is 1. The number of anilines is 2. The van der Waals surface area contributed by atoms with E-state index in [2.05, 4.69) is 5.32 Å². The van der Waals surface area contributed by atoms with Gasteiger partial charge in [0.25, 0.3) is 0 Å². The zero-order chi connectivity index (χ0) is 21.3. The van der Waals surface area contributed by atoms with Gasteiger partial charge in [0.15, 0.2) is 5.78 Å². The van der Waals surface area contributed by atoms with E-state index in [-0.39, 0.29) is 18.1 Å². The summed E-state index contributed by atoms with van der Waals surface area (Å²) in [6, 6.07) is 17.8. The third kappa shape index (κ3) is 3.52. The van der Waals surface area contributed by atoms with Crippen LogP contribution in [-0.4, -0.2) is 18.8 Å². The lowest BCUT2D eigenvalue weighted by Crippen LogP contribution is -2.33. The molecule has 0 spiro atoms. The molecule has 0 fully saturated rings. The van der Waals surface area contributed by atoms with Gasteiger partial charge in [-0.15, -0.1) is 11.8 Å². The summed E-state index contributed by atoms with van der Waals surface area (Å²) >= 11 is 1.22. The number of nitrogen functional groups attached to an aromatic ring is 1. The molecule has 1 heterocycles. The molecule has 3 aromatic carbocycles. The number of fused-ring (bicyclic) bond motifs is 1. The van der Waals surface area contributed by atoms with Crippen LogP contribution in [0.25, 0.3) is 0 Å². The van der Waals surface area contributed by atoms with Crippen LogP contribution < -0.4 is 15.8 Å². The van der Waals surface area contributed by atoms with Gasteiger partial charge in [0.05, 0.1) is 7.11 Å². The van der Waals surface area contributed by atoms with Gasteiger partial charge in [0.2, 0.25) is 5.91 Å². The van der Waals surface area contributed by atoms with E-state index in [9.17, 15) is 14.0 Å². The van der Waals surface area contributed by atoms with Crippen molar-refractivity contribution in [3.8, 4) is 5.75 Å². The van der Waals surface area contributed by atoms with E-state index in [0.717, 1.165) is 0 Å². The van der Waals surface area contributed by atoms with Gasteiger partial charge in [0, 0.05) is 33.8 Å². The third-order valence-electron chi connectivity index (χ3n) is 5.06. The standard InChI is InChI=1S/C23H19FN2O3S/c1-29-16-10-11-18(25)21(12-16)30-23(13-20(27)14-6-8-15(24)9-7-14)17-4-2-3-5-19(17)26-22(23)28/h2-12H,13,25H2,1H3,(H,26,28). The van der Waals surface area contributed by atoms with E-state index in [1.165, 1.54) is 36.0 Å². The summed E-state index contributed by atoms with van der Waals surface area (Å²) in [5, 5.41) is 2.88. The molecule has 1 aliphatic rings. The number of ketones is 1. The summed E-state index contributed by atoms with van der Waals surface area (Å²) in [6.07, 6.45) is -0.108. The molecule has 3 N–H and O–H groups in total. The van der Waals surface area contributed by atoms with Gasteiger partial charge in [-0.1, -0.05) is 18.2 Å². The SMILES string of the molecule is COc1ccc(N)c(SC2(CC(=O)c3ccc(F)cc3)C(=O)Nc3ccccc32)c1. The van der Waals surface area contributed by atoms with Crippen molar-refractivity contribution >= 4 is 34.8 Å². The number of nitrogens with two attached hydrogens (primary N) is 1. The van der Waals surface area contributed by atoms with Gasteiger partial charge in [0.1, 0.15) is 16.3 Å².